The maximum absolute atomic E-state index is 12.9. The highest BCUT2D eigenvalue weighted by molar-refractivity contribution is 6.32. The quantitative estimate of drug-likeness (QED) is 0.0128. The highest BCUT2D eigenvalue weighted by Crippen LogP contribution is 2.30. The van der Waals surface area contributed by atoms with Crippen LogP contribution in [0.2, 0.25) is 5.02 Å². The molecule has 0 radical (unpaired) electrons. The van der Waals surface area contributed by atoms with Crippen LogP contribution in [0.25, 0.3) is 24.3 Å². The Labute approximate surface area is 433 Å². The highest BCUT2D eigenvalue weighted by atomic mass is 35.5. The molecule has 0 amide bonds. The first-order valence-electron chi connectivity index (χ1n) is 26.4. The average Bonchev–Trinajstić information content (AvgIpc) is 3.40. The maximum atomic E-state index is 12.9. The Hall–Kier alpha value is -6.26. The van der Waals surface area contributed by atoms with Crippen LogP contribution in [-0.4, -0.2) is 35.1 Å². The lowest BCUT2D eigenvalue weighted by atomic mass is 10.1. The number of carbonyl (C=O) groups excluding carboxylic acids is 2. The van der Waals surface area contributed by atoms with Gasteiger partial charge in [0, 0.05) is 6.07 Å². The summed E-state index contributed by atoms with van der Waals surface area (Å²) in [6.45, 7) is 5.47. The second-order valence-corrected chi connectivity index (χ2v) is 18.8. The molecule has 0 saturated heterocycles. The largest absolute Gasteiger partial charge is 0.492 e. The van der Waals surface area contributed by atoms with E-state index >= 15 is 0 Å². The van der Waals surface area contributed by atoms with E-state index in [2.05, 4.69) is 18.8 Å². The molecule has 0 saturated carbocycles. The fraction of sp³-hybridized carbons (Fsp3) is 0.426. The second kappa shape index (κ2) is 33.4. The molecule has 72 heavy (non-hydrogen) atoms. The molecule has 11 heteroatoms. The van der Waals surface area contributed by atoms with Gasteiger partial charge in [0.05, 0.1) is 45.7 Å². The predicted molar refractivity (Wildman–Crippen MR) is 292 cm³/mol. The highest BCUT2D eigenvalue weighted by Gasteiger charge is 2.16. The van der Waals surface area contributed by atoms with E-state index in [9.17, 15) is 19.7 Å². The molecule has 0 bridgehead atoms. The van der Waals surface area contributed by atoms with Crippen molar-refractivity contribution in [2.75, 3.05) is 13.2 Å². The third-order valence-electron chi connectivity index (χ3n) is 12.4. The third-order valence-corrected chi connectivity index (χ3v) is 12.7. The lowest BCUT2D eigenvalue weighted by Crippen LogP contribution is -2.09. The van der Waals surface area contributed by atoms with Crippen LogP contribution in [0.15, 0.2) is 103 Å². The van der Waals surface area contributed by atoms with E-state index in [-0.39, 0.29) is 24.7 Å². The second-order valence-electron chi connectivity index (χ2n) is 18.4. The summed E-state index contributed by atoms with van der Waals surface area (Å²) in [6, 6.07) is 30.0. The molecule has 0 N–H and O–H groups in total. The van der Waals surface area contributed by atoms with Gasteiger partial charge in [0.2, 0.25) is 0 Å². The van der Waals surface area contributed by atoms with Gasteiger partial charge < -0.3 is 18.9 Å². The van der Waals surface area contributed by atoms with E-state index < -0.39 is 16.9 Å². The standard InChI is InChI=1S/C61H75ClN2O8/c1-3-5-7-9-11-13-15-17-19-21-42-69-58-40-34-50(44-56(58)62)28-26-48-30-36-52(37-31-48)60(65)71-46-54-24-23-25-55(63-54)47-72-61(66)53-38-32-49(33-39-53)27-29-51-35-41-59(57(45-51)64(67)68)70-43-22-20-18-16-14-12-10-8-6-4-2/h23-41,44-45H,3-22,42-43,46-47H2,1-2H3/b28-26+,29-27+. The number of rotatable bonds is 35. The Morgan fingerprint density at radius 3 is 1.31 bits per heavy atom. The topological polar surface area (TPSA) is 127 Å². The Morgan fingerprint density at radius 1 is 0.500 bits per heavy atom. The number of hydrogen-bond donors (Lipinski definition) is 0. The molecule has 0 aliphatic carbocycles. The molecule has 0 aliphatic rings. The number of esters is 2. The summed E-state index contributed by atoms with van der Waals surface area (Å²) in [5, 5.41) is 12.4. The first-order valence-corrected chi connectivity index (χ1v) is 26.8. The zero-order chi connectivity index (χ0) is 51.0. The lowest BCUT2D eigenvalue weighted by Gasteiger charge is -2.09. The summed E-state index contributed by atoms with van der Waals surface area (Å²) >= 11 is 6.55. The summed E-state index contributed by atoms with van der Waals surface area (Å²) in [5.41, 5.74) is 5.02. The molecule has 5 rings (SSSR count). The Balaban J connectivity index is 0.985. The fourth-order valence-electron chi connectivity index (χ4n) is 8.17. The van der Waals surface area contributed by atoms with Gasteiger partial charge in [0.25, 0.3) is 0 Å². The van der Waals surface area contributed by atoms with Gasteiger partial charge in [-0.3, -0.25) is 15.1 Å². The number of hydrogen-bond acceptors (Lipinski definition) is 9. The maximum Gasteiger partial charge on any atom is 0.338 e. The van der Waals surface area contributed by atoms with Gasteiger partial charge in [-0.05, 0) is 89.7 Å². The van der Waals surface area contributed by atoms with Crippen LogP contribution in [0.5, 0.6) is 11.5 Å². The Kier molecular flexibility index (Phi) is 26.3. The van der Waals surface area contributed by atoms with E-state index in [1.165, 1.54) is 109 Å². The van der Waals surface area contributed by atoms with Gasteiger partial charge >= 0.3 is 17.6 Å². The van der Waals surface area contributed by atoms with E-state index in [1.807, 2.05) is 48.6 Å². The van der Waals surface area contributed by atoms with Gasteiger partial charge in [-0.1, -0.05) is 208 Å². The molecule has 0 aliphatic heterocycles. The van der Waals surface area contributed by atoms with Crippen LogP contribution in [-0.2, 0) is 22.7 Å². The molecule has 384 valence electrons. The molecule has 0 fully saturated rings. The molecular formula is C61H75ClN2O8. The molecule has 5 aromatic rings. The van der Waals surface area contributed by atoms with Crippen LogP contribution in [0, 0.1) is 10.1 Å². The summed E-state index contributed by atoms with van der Waals surface area (Å²) in [7, 11) is 0. The zero-order valence-electron chi connectivity index (χ0n) is 42.6. The molecular weight excluding hydrogens is 924 g/mol. The monoisotopic (exact) mass is 999 g/mol. The molecule has 1 aromatic heterocycles. The minimum Gasteiger partial charge on any atom is -0.492 e. The lowest BCUT2D eigenvalue weighted by molar-refractivity contribution is -0.385. The molecule has 10 nitrogen and oxygen atoms in total. The number of carbonyl (C=O) groups is 2. The van der Waals surface area contributed by atoms with E-state index in [4.69, 9.17) is 30.5 Å². The number of benzene rings is 4. The van der Waals surface area contributed by atoms with Gasteiger partial charge in [0.15, 0.2) is 5.75 Å². The molecule has 4 aromatic carbocycles. The van der Waals surface area contributed by atoms with Crippen molar-refractivity contribution in [3.05, 3.63) is 163 Å². The fourth-order valence-corrected chi connectivity index (χ4v) is 8.41. The molecule has 1 heterocycles. The smallest absolute Gasteiger partial charge is 0.338 e. The number of halogens is 1. The summed E-state index contributed by atoms with van der Waals surface area (Å²) < 4.78 is 22.9. The summed E-state index contributed by atoms with van der Waals surface area (Å²) in [4.78, 5) is 41.8. The van der Waals surface area contributed by atoms with Crippen LogP contribution in [0.4, 0.5) is 5.69 Å². The Bertz CT molecular complexity index is 2450. The minimum absolute atomic E-state index is 0.0539. The molecule has 0 atom stereocenters. The number of nitro groups is 1. The number of ether oxygens (including phenoxy) is 4. The van der Waals surface area contributed by atoms with Crippen molar-refractivity contribution in [1.82, 2.24) is 4.98 Å². The zero-order valence-corrected chi connectivity index (χ0v) is 43.4. The summed E-state index contributed by atoms with van der Waals surface area (Å²) in [6.07, 6.45) is 32.4. The van der Waals surface area contributed by atoms with Gasteiger partial charge in [-0.2, -0.15) is 0 Å². The third kappa shape index (κ3) is 21.6. The van der Waals surface area contributed by atoms with Gasteiger partial charge in [0.1, 0.15) is 19.0 Å². The number of pyridine rings is 1. The number of unbranched alkanes of at least 4 members (excludes halogenated alkanes) is 18. The van der Waals surface area contributed by atoms with Crippen molar-refractivity contribution in [3.8, 4) is 11.5 Å². The minimum atomic E-state index is -0.521. The van der Waals surface area contributed by atoms with Crippen LogP contribution >= 0.6 is 11.6 Å². The van der Waals surface area contributed by atoms with Crippen molar-refractivity contribution in [1.29, 1.82) is 0 Å². The predicted octanol–water partition coefficient (Wildman–Crippen LogP) is 17.3. The first kappa shape index (κ1) is 56.7. The van der Waals surface area contributed by atoms with Crippen molar-refractivity contribution in [2.24, 2.45) is 0 Å². The van der Waals surface area contributed by atoms with Crippen molar-refractivity contribution in [3.63, 3.8) is 0 Å². The van der Waals surface area contributed by atoms with Crippen molar-refractivity contribution >= 4 is 53.5 Å². The number of aromatic nitrogens is 1. The summed E-state index contributed by atoms with van der Waals surface area (Å²) in [5.74, 6) is -0.0392. The van der Waals surface area contributed by atoms with Gasteiger partial charge in [-0.25, -0.2) is 9.59 Å². The SMILES string of the molecule is CCCCCCCCCCCCOc1ccc(/C=C/c2ccc(C(=O)OCc3cccc(COC(=O)c4ccc(/C=C/c5ccc(OCCCCCCCCCCCC)c([N+](=O)[O-])c5)cc4)n3)cc2)cc1Cl. The van der Waals surface area contributed by atoms with Crippen molar-refractivity contribution in [2.45, 2.75) is 155 Å². The van der Waals surface area contributed by atoms with Crippen LogP contribution < -0.4 is 9.47 Å². The molecule has 0 unspecified atom stereocenters. The first-order chi connectivity index (χ1) is 35.2. The van der Waals surface area contributed by atoms with Crippen LogP contribution in [0.1, 0.15) is 197 Å². The Morgan fingerprint density at radius 2 is 0.875 bits per heavy atom. The van der Waals surface area contributed by atoms with E-state index in [1.54, 1.807) is 72.8 Å². The van der Waals surface area contributed by atoms with E-state index in [0.717, 1.165) is 42.4 Å². The van der Waals surface area contributed by atoms with Gasteiger partial charge in [-0.15, -0.1) is 0 Å². The normalized spacial score (nSPS) is 11.3. The van der Waals surface area contributed by atoms with Crippen LogP contribution in [0.3, 0.4) is 0 Å². The number of nitro benzene ring substituents is 1. The van der Waals surface area contributed by atoms with E-state index in [0.29, 0.717) is 52.1 Å². The average molecular weight is 1000 g/mol. The number of nitrogens with zero attached hydrogens (tertiary/aromatic N) is 2. The van der Waals surface area contributed by atoms with Crippen molar-refractivity contribution < 1.29 is 33.5 Å². The molecule has 0 spiro atoms.